The standard InChI is InChI=1S/C8H9ClN4O/c1-4-5(2)13-6(3-14)11-12-8(13)7(9)10-4/h14H,3H2,1-2H3. The molecule has 0 spiro atoms. The van der Waals surface area contributed by atoms with Crippen molar-refractivity contribution in [2.75, 3.05) is 0 Å². The Morgan fingerprint density at radius 3 is 2.71 bits per heavy atom. The first-order valence-corrected chi connectivity index (χ1v) is 4.50. The molecule has 5 nitrogen and oxygen atoms in total. The predicted octanol–water partition coefficient (Wildman–Crippen LogP) is 0.887. The predicted molar refractivity (Wildman–Crippen MR) is 51.2 cm³/mol. The van der Waals surface area contributed by atoms with Crippen LogP contribution in [0.1, 0.15) is 17.2 Å². The molecule has 0 saturated carbocycles. The molecule has 0 fully saturated rings. The number of nitrogens with zero attached hydrogens (tertiary/aromatic N) is 4. The van der Waals surface area contributed by atoms with Gasteiger partial charge in [-0.15, -0.1) is 10.2 Å². The Morgan fingerprint density at radius 1 is 1.36 bits per heavy atom. The minimum Gasteiger partial charge on any atom is -0.388 e. The van der Waals surface area contributed by atoms with Gasteiger partial charge in [-0.1, -0.05) is 11.6 Å². The zero-order valence-corrected chi connectivity index (χ0v) is 8.58. The van der Waals surface area contributed by atoms with Gasteiger partial charge in [-0.2, -0.15) is 0 Å². The van der Waals surface area contributed by atoms with E-state index in [1.807, 2.05) is 13.8 Å². The highest BCUT2D eigenvalue weighted by Crippen LogP contribution is 2.17. The van der Waals surface area contributed by atoms with Crippen molar-refractivity contribution in [2.24, 2.45) is 0 Å². The molecule has 0 bridgehead atoms. The molecule has 0 atom stereocenters. The lowest BCUT2D eigenvalue weighted by molar-refractivity contribution is 0.269. The summed E-state index contributed by atoms with van der Waals surface area (Å²) < 4.78 is 1.71. The minimum absolute atomic E-state index is 0.165. The van der Waals surface area contributed by atoms with E-state index in [-0.39, 0.29) is 6.61 Å². The van der Waals surface area contributed by atoms with Gasteiger partial charge in [0.15, 0.2) is 16.6 Å². The Morgan fingerprint density at radius 2 is 2.07 bits per heavy atom. The molecule has 2 heterocycles. The highest BCUT2D eigenvalue weighted by molar-refractivity contribution is 6.32. The van der Waals surface area contributed by atoms with Crippen molar-refractivity contribution in [2.45, 2.75) is 20.5 Å². The number of hydrogen-bond donors (Lipinski definition) is 1. The van der Waals surface area contributed by atoms with Gasteiger partial charge in [0.1, 0.15) is 6.61 Å². The van der Waals surface area contributed by atoms with Crippen LogP contribution in [0.3, 0.4) is 0 Å². The Labute approximate surface area is 85.4 Å². The highest BCUT2D eigenvalue weighted by Gasteiger charge is 2.12. The molecule has 0 amide bonds. The Balaban J connectivity index is 2.92. The van der Waals surface area contributed by atoms with Crippen molar-refractivity contribution < 1.29 is 5.11 Å². The first-order valence-electron chi connectivity index (χ1n) is 4.12. The van der Waals surface area contributed by atoms with Crippen LogP contribution in [-0.4, -0.2) is 24.7 Å². The topological polar surface area (TPSA) is 63.3 Å². The Hall–Kier alpha value is -1.20. The molecule has 14 heavy (non-hydrogen) atoms. The van der Waals surface area contributed by atoms with Gasteiger partial charge in [0.05, 0.1) is 5.69 Å². The van der Waals surface area contributed by atoms with Crippen LogP contribution >= 0.6 is 11.6 Å². The largest absolute Gasteiger partial charge is 0.388 e. The summed E-state index contributed by atoms with van der Waals surface area (Å²) in [5.41, 5.74) is 2.18. The second kappa shape index (κ2) is 3.18. The van der Waals surface area contributed by atoms with E-state index in [4.69, 9.17) is 16.7 Å². The van der Waals surface area contributed by atoms with Crippen LogP contribution < -0.4 is 0 Å². The fourth-order valence-electron chi connectivity index (χ4n) is 1.34. The number of aliphatic hydroxyl groups is 1. The fraction of sp³-hybridized carbons (Fsp3) is 0.375. The number of fused-ring (bicyclic) bond motifs is 1. The third-order valence-electron chi connectivity index (χ3n) is 2.18. The highest BCUT2D eigenvalue weighted by atomic mass is 35.5. The van der Waals surface area contributed by atoms with E-state index in [1.54, 1.807) is 4.40 Å². The number of rotatable bonds is 1. The van der Waals surface area contributed by atoms with E-state index in [0.717, 1.165) is 11.4 Å². The molecule has 0 aliphatic heterocycles. The van der Waals surface area contributed by atoms with Crippen molar-refractivity contribution in [3.8, 4) is 0 Å². The smallest absolute Gasteiger partial charge is 0.198 e. The first-order chi connectivity index (χ1) is 6.65. The van der Waals surface area contributed by atoms with Crippen LogP contribution in [0.4, 0.5) is 0 Å². The van der Waals surface area contributed by atoms with Crippen molar-refractivity contribution >= 4 is 17.2 Å². The first kappa shape index (κ1) is 9.36. The summed E-state index contributed by atoms with van der Waals surface area (Å²) in [5, 5.41) is 17.0. The van der Waals surface area contributed by atoms with Crippen LogP contribution in [0.25, 0.3) is 5.65 Å². The zero-order valence-electron chi connectivity index (χ0n) is 7.82. The Bertz CT molecular complexity index is 494. The summed E-state index contributed by atoms with van der Waals surface area (Å²) in [6.07, 6.45) is 0. The van der Waals surface area contributed by atoms with E-state index in [0.29, 0.717) is 16.6 Å². The second-order valence-electron chi connectivity index (χ2n) is 3.01. The third-order valence-corrected chi connectivity index (χ3v) is 2.43. The number of aliphatic hydroxyl groups excluding tert-OH is 1. The van der Waals surface area contributed by atoms with Gasteiger partial charge in [-0.25, -0.2) is 4.98 Å². The number of aryl methyl sites for hydroxylation is 2. The van der Waals surface area contributed by atoms with Crippen molar-refractivity contribution in [3.63, 3.8) is 0 Å². The average molecular weight is 213 g/mol. The zero-order chi connectivity index (χ0) is 10.3. The maximum absolute atomic E-state index is 9.04. The van der Waals surface area contributed by atoms with Gasteiger partial charge >= 0.3 is 0 Å². The van der Waals surface area contributed by atoms with E-state index in [1.165, 1.54) is 0 Å². The quantitative estimate of drug-likeness (QED) is 0.763. The van der Waals surface area contributed by atoms with Crippen molar-refractivity contribution in [3.05, 3.63) is 22.4 Å². The summed E-state index contributed by atoms with van der Waals surface area (Å²) in [6, 6.07) is 0. The molecular weight excluding hydrogens is 204 g/mol. The molecule has 1 N–H and O–H groups in total. The lowest BCUT2D eigenvalue weighted by Crippen LogP contribution is -2.02. The lowest BCUT2D eigenvalue weighted by Gasteiger charge is -2.05. The summed E-state index contributed by atoms with van der Waals surface area (Å²) in [5.74, 6) is 0.477. The average Bonchev–Trinajstić information content (AvgIpc) is 2.58. The summed E-state index contributed by atoms with van der Waals surface area (Å²) in [4.78, 5) is 4.11. The molecule has 0 radical (unpaired) electrons. The van der Waals surface area contributed by atoms with Gasteiger partial charge in [-0.3, -0.25) is 4.40 Å². The van der Waals surface area contributed by atoms with Crippen LogP contribution in [0.2, 0.25) is 5.15 Å². The molecule has 0 saturated heterocycles. The molecule has 2 aromatic rings. The molecule has 74 valence electrons. The molecule has 0 aliphatic rings. The minimum atomic E-state index is -0.165. The van der Waals surface area contributed by atoms with Crippen LogP contribution in [0.15, 0.2) is 0 Å². The third kappa shape index (κ3) is 1.17. The van der Waals surface area contributed by atoms with Gasteiger partial charge in [0.2, 0.25) is 0 Å². The summed E-state index contributed by atoms with van der Waals surface area (Å²) in [6.45, 7) is 3.57. The SMILES string of the molecule is Cc1nc(Cl)c2nnc(CO)n2c1C. The Kier molecular flexibility index (Phi) is 2.13. The fourth-order valence-corrected chi connectivity index (χ4v) is 1.59. The van der Waals surface area contributed by atoms with E-state index < -0.39 is 0 Å². The molecular formula is C8H9ClN4O. The molecule has 0 unspecified atom stereocenters. The van der Waals surface area contributed by atoms with E-state index in [9.17, 15) is 0 Å². The summed E-state index contributed by atoms with van der Waals surface area (Å²) >= 11 is 5.89. The van der Waals surface area contributed by atoms with Crippen LogP contribution in [-0.2, 0) is 6.61 Å². The number of hydrogen-bond acceptors (Lipinski definition) is 4. The van der Waals surface area contributed by atoms with Gasteiger partial charge < -0.3 is 5.11 Å². The van der Waals surface area contributed by atoms with Gasteiger partial charge in [-0.05, 0) is 13.8 Å². The summed E-state index contributed by atoms with van der Waals surface area (Å²) in [7, 11) is 0. The number of halogens is 1. The lowest BCUT2D eigenvalue weighted by atomic mass is 10.3. The molecule has 6 heteroatoms. The molecule has 2 aromatic heterocycles. The van der Waals surface area contributed by atoms with Gasteiger partial charge in [0.25, 0.3) is 0 Å². The molecule has 0 aliphatic carbocycles. The molecule has 0 aromatic carbocycles. The maximum atomic E-state index is 9.04. The van der Waals surface area contributed by atoms with E-state index in [2.05, 4.69) is 15.2 Å². The second-order valence-corrected chi connectivity index (χ2v) is 3.36. The normalized spacial score (nSPS) is 11.1. The number of aromatic nitrogens is 4. The van der Waals surface area contributed by atoms with Crippen molar-refractivity contribution in [1.82, 2.24) is 19.6 Å². The molecule has 2 rings (SSSR count). The van der Waals surface area contributed by atoms with Crippen LogP contribution in [0, 0.1) is 13.8 Å². The van der Waals surface area contributed by atoms with E-state index >= 15 is 0 Å². The monoisotopic (exact) mass is 212 g/mol. The van der Waals surface area contributed by atoms with Crippen molar-refractivity contribution in [1.29, 1.82) is 0 Å². The maximum Gasteiger partial charge on any atom is 0.198 e. The van der Waals surface area contributed by atoms with Gasteiger partial charge in [0, 0.05) is 5.69 Å². The van der Waals surface area contributed by atoms with Crippen LogP contribution in [0.5, 0.6) is 0 Å².